The van der Waals surface area contributed by atoms with Crippen molar-refractivity contribution in [2.24, 2.45) is 0 Å². The van der Waals surface area contributed by atoms with Gasteiger partial charge in [0.1, 0.15) is 11.4 Å². The first-order chi connectivity index (χ1) is 9.49. The minimum absolute atomic E-state index is 0.0876. The number of anilines is 1. The third-order valence-electron chi connectivity index (χ3n) is 2.60. The van der Waals surface area contributed by atoms with Crippen LogP contribution in [0.3, 0.4) is 0 Å². The molecule has 0 spiro atoms. The van der Waals surface area contributed by atoms with Crippen molar-refractivity contribution in [1.29, 1.82) is 0 Å². The molecule has 2 aromatic rings. The lowest BCUT2D eigenvalue weighted by Gasteiger charge is -2.08. The largest absolute Gasteiger partial charge is 0.315 e. The molecule has 0 aliphatic heterocycles. The van der Waals surface area contributed by atoms with Gasteiger partial charge in [-0.25, -0.2) is 4.98 Å². The van der Waals surface area contributed by atoms with E-state index in [1.54, 1.807) is 13.0 Å². The fraction of sp³-hybridized carbons (Fsp3) is 0.0833. The molecule has 102 valence electrons. The van der Waals surface area contributed by atoms with Crippen LogP contribution in [-0.4, -0.2) is 20.8 Å². The van der Waals surface area contributed by atoms with Crippen molar-refractivity contribution in [2.45, 2.75) is 6.92 Å². The lowest BCUT2D eigenvalue weighted by atomic mass is 10.1. The first-order valence-electron chi connectivity index (χ1n) is 5.59. The highest BCUT2D eigenvalue weighted by Gasteiger charge is 2.19. The number of rotatable bonds is 3. The molecule has 0 fully saturated rings. The Morgan fingerprint density at radius 2 is 2.20 bits per heavy atom. The molecule has 0 unspecified atom stereocenters. The Bertz CT molecular complexity index is 738. The van der Waals surface area contributed by atoms with Gasteiger partial charge in [-0.1, -0.05) is 12.1 Å². The molecule has 1 heterocycles. The highest BCUT2D eigenvalue weighted by Crippen LogP contribution is 2.27. The lowest BCUT2D eigenvalue weighted by Crippen LogP contribution is -2.18. The molecule has 1 aromatic heterocycles. The first kappa shape index (κ1) is 13.4. The van der Waals surface area contributed by atoms with Crippen LogP contribution in [0.4, 0.5) is 11.4 Å². The summed E-state index contributed by atoms with van der Waals surface area (Å²) in [7, 11) is 0. The summed E-state index contributed by atoms with van der Waals surface area (Å²) < 4.78 is 0. The predicted molar refractivity (Wildman–Crippen MR) is 70.6 cm³/mol. The van der Waals surface area contributed by atoms with Gasteiger partial charge in [0.25, 0.3) is 17.2 Å². The molecule has 1 aromatic carbocycles. The maximum absolute atomic E-state index is 11.9. The first-order valence-corrected chi connectivity index (χ1v) is 5.59. The third-order valence-corrected chi connectivity index (χ3v) is 2.60. The summed E-state index contributed by atoms with van der Waals surface area (Å²) >= 11 is 0. The fourth-order valence-corrected chi connectivity index (χ4v) is 1.64. The zero-order valence-corrected chi connectivity index (χ0v) is 10.4. The van der Waals surface area contributed by atoms with Crippen LogP contribution in [0, 0.1) is 17.0 Å². The molecule has 1 amide bonds. The Morgan fingerprint density at radius 1 is 1.45 bits per heavy atom. The Labute approximate surface area is 112 Å². The molecule has 8 heteroatoms. The summed E-state index contributed by atoms with van der Waals surface area (Å²) in [5, 5.41) is 13.3. The topological polar surface area (TPSA) is 118 Å². The molecular formula is C12H10N4O4. The van der Waals surface area contributed by atoms with E-state index in [0.29, 0.717) is 5.56 Å². The molecule has 0 saturated heterocycles. The van der Waals surface area contributed by atoms with Crippen molar-refractivity contribution < 1.29 is 9.72 Å². The Balaban J connectivity index is 2.37. The highest BCUT2D eigenvalue weighted by atomic mass is 16.6. The Morgan fingerprint density at radius 3 is 2.85 bits per heavy atom. The van der Waals surface area contributed by atoms with Gasteiger partial charge in [-0.3, -0.25) is 19.7 Å². The standard InChI is InChI=1S/C12H10N4O4/c1-7-3-2-4-9(16(19)20)11(7)15-12(18)8-5-10(17)14-6-13-8/h2-6H,1H3,(H,15,18)(H,13,14,17). The minimum Gasteiger partial charge on any atom is -0.315 e. The van der Waals surface area contributed by atoms with E-state index in [9.17, 15) is 19.7 Å². The summed E-state index contributed by atoms with van der Waals surface area (Å²) in [6.45, 7) is 1.63. The molecule has 0 atom stereocenters. The summed E-state index contributed by atoms with van der Waals surface area (Å²) in [5.74, 6) is -0.687. The quantitative estimate of drug-likeness (QED) is 0.644. The van der Waals surface area contributed by atoms with Gasteiger partial charge in [0.05, 0.1) is 11.3 Å². The van der Waals surface area contributed by atoms with E-state index in [0.717, 1.165) is 12.4 Å². The average molecular weight is 274 g/mol. The van der Waals surface area contributed by atoms with Crippen molar-refractivity contribution in [3.8, 4) is 0 Å². The van der Waals surface area contributed by atoms with Gasteiger partial charge in [0.2, 0.25) is 0 Å². The number of aromatic nitrogens is 2. The van der Waals surface area contributed by atoms with Crippen molar-refractivity contribution in [3.63, 3.8) is 0 Å². The van der Waals surface area contributed by atoms with Crippen LogP contribution < -0.4 is 10.9 Å². The SMILES string of the molecule is Cc1cccc([N+](=O)[O-])c1NC(=O)c1cc(=O)[nH]cn1. The molecule has 0 radical (unpaired) electrons. The van der Waals surface area contributed by atoms with E-state index in [1.165, 1.54) is 12.1 Å². The van der Waals surface area contributed by atoms with Gasteiger partial charge < -0.3 is 10.3 Å². The fourth-order valence-electron chi connectivity index (χ4n) is 1.64. The highest BCUT2D eigenvalue weighted by molar-refractivity contribution is 6.04. The summed E-state index contributed by atoms with van der Waals surface area (Å²) in [6.07, 6.45) is 1.09. The monoisotopic (exact) mass is 274 g/mol. The molecule has 0 aliphatic rings. The number of hydrogen-bond acceptors (Lipinski definition) is 5. The van der Waals surface area contributed by atoms with Crippen LogP contribution >= 0.6 is 0 Å². The van der Waals surface area contributed by atoms with Crippen molar-refractivity contribution in [2.75, 3.05) is 5.32 Å². The van der Waals surface area contributed by atoms with Gasteiger partial charge in [0.15, 0.2) is 0 Å². The van der Waals surface area contributed by atoms with Crippen LogP contribution in [0.5, 0.6) is 0 Å². The number of hydrogen-bond donors (Lipinski definition) is 2. The number of carbonyl (C=O) groups excluding carboxylic acids is 1. The van der Waals surface area contributed by atoms with Crippen LogP contribution in [0.15, 0.2) is 35.4 Å². The number of para-hydroxylation sites is 1. The zero-order chi connectivity index (χ0) is 14.7. The summed E-state index contributed by atoms with van der Waals surface area (Å²) in [5.41, 5.74) is -0.194. The molecule has 0 saturated carbocycles. The summed E-state index contributed by atoms with van der Waals surface area (Å²) in [6, 6.07) is 5.45. The van der Waals surface area contributed by atoms with E-state index in [4.69, 9.17) is 0 Å². The summed E-state index contributed by atoms with van der Waals surface area (Å²) in [4.78, 5) is 39.4. The smallest absolute Gasteiger partial charge is 0.293 e. The molecule has 0 bridgehead atoms. The minimum atomic E-state index is -0.687. The number of aromatic amines is 1. The normalized spacial score (nSPS) is 10.1. The second-order valence-corrected chi connectivity index (χ2v) is 3.98. The molecule has 0 aliphatic carbocycles. The molecule has 2 N–H and O–H groups in total. The van der Waals surface area contributed by atoms with E-state index in [-0.39, 0.29) is 17.1 Å². The average Bonchev–Trinajstić information content (AvgIpc) is 2.40. The van der Waals surface area contributed by atoms with Gasteiger partial charge in [-0.05, 0) is 12.5 Å². The lowest BCUT2D eigenvalue weighted by molar-refractivity contribution is -0.383. The number of benzene rings is 1. The second kappa shape index (κ2) is 5.31. The van der Waals surface area contributed by atoms with E-state index in [2.05, 4.69) is 15.3 Å². The van der Waals surface area contributed by atoms with Crippen molar-refractivity contribution in [3.05, 3.63) is 62.3 Å². The van der Waals surface area contributed by atoms with Crippen molar-refractivity contribution in [1.82, 2.24) is 9.97 Å². The van der Waals surface area contributed by atoms with Crippen molar-refractivity contribution >= 4 is 17.3 Å². The number of nitro groups is 1. The Hall–Kier alpha value is -3.03. The van der Waals surface area contributed by atoms with Gasteiger partial charge >= 0.3 is 0 Å². The Kier molecular flexibility index (Phi) is 3.56. The molecule has 2 rings (SSSR count). The number of aryl methyl sites for hydroxylation is 1. The van der Waals surface area contributed by atoms with Crippen LogP contribution in [-0.2, 0) is 0 Å². The van der Waals surface area contributed by atoms with Gasteiger partial charge in [-0.2, -0.15) is 0 Å². The number of nitrogens with zero attached hydrogens (tertiary/aromatic N) is 2. The number of nitrogens with one attached hydrogen (secondary N) is 2. The maximum Gasteiger partial charge on any atom is 0.293 e. The van der Waals surface area contributed by atoms with Gasteiger partial charge in [-0.15, -0.1) is 0 Å². The zero-order valence-electron chi connectivity index (χ0n) is 10.4. The predicted octanol–water partition coefficient (Wildman–Crippen LogP) is 1.24. The van der Waals surface area contributed by atoms with Crippen LogP contribution in [0.2, 0.25) is 0 Å². The number of carbonyl (C=O) groups is 1. The van der Waals surface area contributed by atoms with Crippen LogP contribution in [0.1, 0.15) is 16.1 Å². The molecule has 8 nitrogen and oxygen atoms in total. The van der Waals surface area contributed by atoms with E-state index >= 15 is 0 Å². The number of nitro benzene ring substituents is 1. The van der Waals surface area contributed by atoms with E-state index in [1.807, 2.05) is 0 Å². The number of amides is 1. The van der Waals surface area contributed by atoms with Crippen LogP contribution in [0.25, 0.3) is 0 Å². The number of H-pyrrole nitrogens is 1. The van der Waals surface area contributed by atoms with E-state index < -0.39 is 16.4 Å². The third kappa shape index (κ3) is 2.69. The molecule has 20 heavy (non-hydrogen) atoms. The molecular weight excluding hydrogens is 264 g/mol. The maximum atomic E-state index is 11.9. The second-order valence-electron chi connectivity index (χ2n) is 3.98. The van der Waals surface area contributed by atoms with Gasteiger partial charge in [0, 0.05) is 12.1 Å².